The molecule has 0 bridgehead atoms. The van der Waals surface area contributed by atoms with E-state index in [2.05, 4.69) is 0 Å². The lowest BCUT2D eigenvalue weighted by molar-refractivity contribution is 0.103. The van der Waals surface area contributed by atoms with Gasteiger partial charge in [0, 0.05) is 5.56 Å². The van der Waals surface area contributed by atoms with Gasteiger partial charge >= 0.3 is 0 Å². The highest BCUT2D eigenvalue weighted by Gasteiger charge is 2.11. The first-order valence-electron chi connectivity index (χ1n) is 6.75. The zero-order valence-electron chi connectivity index (χ0n) is 12.1. The Hall–Kier alpha value is -2.99. The molecule has 0 aliphatic rings. The van der Waals surface area contributed by atoms with Crippen LogP contribution in [0.15, 0.2) is 71.8 Å². The second-order valence-electron chi connectivity index (χ2n) is 4.80. The van der Waals surface area contributed by atoms with Crippen molar-refractivity contribution in [2.75, 3.05) is 0 Å². The summed E-state index contributed by atoms with van der Waals surface area (Å²) in [4.78, 5) is 12.2. The molecule has 0 atom stereocenters. The number of Topliss-reactive ketones (excluding diaryl/α,β-unsaturated/α-hetero) is 1. The minimum Gasteiger partial charge on any atom is -0.288 e. The van der Waals surface area contributed by atoms with Crippen LogP contribution in [0, 0.1) is 17.1 Å². The van der Waals surface area contributed by atoms with E-state index in [-0.39, 0.29) is 5.57 Å². The minimum absolute atomic E-state index is 0.0243. The standard InChI is InChI=1S/C19H14FNO/c1-14(11-15-5-3-2-4-6-15)12-17(13-21)19(22)16-7-9-18(20)10-8-16/h2-12H,1H3/b14-11+,17-12+. The molecule has 0 heterocycles. The maximum absolute atomic E-state index is 12.9. The van der Waals surface area contributed by atoms with E-state index < -0.39 is 11.6 Å². The molecule has 0 amide bonds. The fourth-order valence-corrected chi connectivity index (χ4v) is 1.99. The predicted octanol–water partition coefficient (Wildman–Crippen LogP) is 4.56. The highest BCUT2D eigenvalue weighted by atomic mass is 19.1. The molecule has 0 aliphatic carbocycles. The van der Waals surface area contributed by atoms with Crippen molar-refractivity contribution in [3.05, 3.63) is 88.8 Å². The second-order valence-corrected chi connectivity index (χ2v) is 4.80. The van der Waals surface area contributed by atoms with Gasteiger partial charge in [-0.15, -0.1) is 0 Å². The van der Waals surface area contributed by atoms with Gasteiger partial charge in [-0.2, -0.15) is 5.26 Å². The molecular formula is C19H14FNO. The first-order valence-corrected chi connectivity index (χ1v) is 6.75. The van der Waals surface area contributed by atoms with Crippen molar-refractivity contribution in [1.29, 1.82) is 5.26 Å². The Morgan fingerprint density at radius 3 is 2.32 bits per heavy atom. The molecule has 0 fully saturated rings. The number of ketones is 1. The number of nitriles is 1. The summed E-state index contributed by atoms with van der Waals surface area (Å²) in [5, 5.41) is 9.19. The summed E-state index contributed by atoms with van der Waals surface area (Å²) >= 11 is 0. The number of rotatable bonds is 4. The van der Waals surface area contributed by atoms with Crippen LogP contribution in [0.1, 0.15) is 22.8 Å². The van der Waals surface area contributed by atoms with E-state index in [4.69, 9.17) is 0 Å². The highest BCUT2D eigenvalue weighted by Crippen LogP contribution is 2.13. The van der Waals surface area contributed by atoms with Gasteiger partial charge in [-0.3, -0.25) is 4.79 Å². The number of allylic oxidation sites excluding steroid dienone is 3. The lowest BCUT2D eigenvalue weighted by atomic mass is 10.0. The van der Waals surface area contributed by atoms with E-state index in [1.54, 1.807) is 6.08 Å². The molecule has 0 N–H and O–H groups in total. The number of benzene rings is 2. The second kappa shape index (κ2) is 7.14. The molecule has 0 aromatic heterocycles. The summed E-state index contributed by atoms with van der Waals surface area (Å²) in [6.07, 6.45) is 3.42. The Balaban J connectivity index is 2.27. The van der Waals surface area contributed by atoms with Gasteiger partial charge in [-0.1, -0.05) is 36.4 Å². The number of hydrogen-bond acceptors (Lipinski definition) is 2. The van der Waals surface area contributed by atoms with Crippen LogP contribution in [0.4, 0.5) is 4.39 Å². The van der Waals surface area contributed by atoms with Crippen LogP contribution in [-0.2, 0) is 0 Å². The highest BCUT2D eigenvalue weighted by molar-refractivity contribution is 6.11. The molecule has 0 saturated heterocycles. The Kier molecular flexibility index (Phi) is 5.00. The SMILES string of the molecule is CC(=C\c1ccccc1)/C=C(\C#N)C(=O)c1ccc(F)cc1. The van der Waals surface area contributed by atoms with Crippen LogP contribution < -0.4 is 0 Å². The summed E-state index contributed by atoms with van der Waals surface area (Å²) in [6.45, 7) is 1.82. The van der Waals surface area contributed by atoms with Gasteiger partial charge in [0.05, 0.1) is 0 Å². The normalized spacial score (nSPS) is 11.9. The molecule has 108 valence electrons. The quantitative estimate of drug-likeness (QED) is 0.358. The monoisotopic (exact) mass is 291 g/mol. The van der Waals surface area contributed by atoms with Gasteiger partial charge < -0.3 is 0 Å². The fourth-order valence-electron chi connectivity index (χ4n) is 1.99. The van der Waals surface area contributed by atoms with Crippen molar-refractivity contribution >= 4 is 11.9 Å². The number of carbonyl (C=O) groups excluding carboxylic acids is 1. The zero-order chi connectivity index (χ0) is 15.9. The molecule has 2 nitrogen and oxygen atoms in total. The van der Waals surface area contributed by atoms with Crippen LogP contribution in [0.3, 0.4) is 0 Å². The third-order valence-corrected chi connectivity index (χ3v) is 3.04. The maximum atomic E-state index is 12.9. The van der Waals surface area contributed by atoms with Crippen molar-refractivity contribution in [1.82, 2.24) is 0 Å². The number of nitrogens with zero attached hydrogens (tertiary/aromatic N) is 1. The Bertz CT molecular complexity index is 765. The molecule has 2 aromatic rings. The van der Waals surface area contributed by atoms with Gasteiger partial charge in [0.25, 0.3) is 0 Å². The Morgan fingerprint density at radius 2 is 1.73 bits per heavy atom. The molecule has 0 radical (unpaired) electrons. The molecule has 0 saturated carbocycles. The van der Waals surface area contributed by atoms with Crippen molar-refractivity contribution in [2.24, 2.45) is 0 Å². The molecule has 2 aromatic carbocycles. The zero-order valence-corrected chi connectivity index (χ0v) is 12.1. The van der Waals surface area contributed by atoms with Crippen molar-refractivity contribution in [2.45, 2.75) is 6.92 Å². The van der Waals surface area contributed by atoms with Gasteiger partial charge in [-0.05, 0) is 48.4 Å². The lowest BCUT2D eigenvalue weighted by Crippen LogP contribution is -2.02. The molecule has 22 heavy (non-hydrogen) atoms. The van der Waals surface area contributed by atoms with Gasteiger partial charge in [0.15, 0.2) is 0 Å². The Labute approximate surface area is 128 Å². The number of carbonyl (C=O) groups is 1. The Morgan fingerprint density at radius 1 is 1.09 bits per heavy atom. The summed E-state index contributed by atoms with van der Waals surface area (Å²) in [6, 6.07) is 16.7. The average Bonchev–Trinajstić information content (AvgIpc) is 2.53. The molecule has 0 unspecified atom stereocenters. The molecular weight excluding hydrogens is 277 g/mol. The first kappa shape index (κ1) is 15.4. The van der Waals surface area contributed by atoms with Crippen LogP contribution >= 0.6 is 0 Å². The summed E-state index contributed by atoms with van der Waals surface area (Å²) in [5.41, 5.74) is 2.10. The molecule has 2 rings (SSSR count). The van der Waals surface area contributed by atoms with E-state index in [1.807, 2.05) is 49.4 Å². The summed E-state index contributed by atoms with van der Waals surface area (Å²) in [5.74, 6) is -0.831. The molecule has 3 heteroatoms. The van der Waals surface area contributed by atoms with Crippen LogP contribution in [0.5, 0.6) is 0 Å². The predicted molar refractivity (Wildman–Crippen MR) is 84.5 cm³/mol. The van der Waals surface area contributed by atoms with E-state index in [1.165, 1.54) is 24.3 Å². The van der Waals surface area contributed by atoms with Crippen LogP contribution in [0.25, 0.3) is 6.08 Å². The first-order chi connectivity index (χ1) is 10.6. The maximum Gasteiger partial charge on any atom is 0.203 e. The topological polar surface area (TPSA) is 40.9 Å². The van der Waals surface area contributed by atoms with Crippen molar-refractivity contribution in [3.8, 4) is 6.07 Å². The summed E-state index contributed by atoms with van der Waals surface area (Å²) < 4.78 is 12.9. The minimum atomic E-state index is -0.417. The fraction of sp³-hybridized carbons (Fsp3) is 0.0526. The largest absolute Gasteiger partial charge is 0.288 e. The van der Waals surface area contributed by atoms with E-state index in [0.717, 1.165) is 11.1 Å². The van der Waals surface area contributed by atoms with Crippen molar-refractivity contribution < 1.29 is 9.18 Å². The number of hydrogen-bond donors (Lipinski definition) is 0. The third-order valence-electron chi connectivity index (χ3n) is 3.04. The van der Waals surface area contributed by atoms with E-state index in [9.17, 15) is 14.4 Å². The van der Waals surface area contributed by atoms with Gasteiger partial charge in [0.1, 0.15) is 17.5 Å². The molecule has 0 spiro atoms. The average molecular weight is 291 g/mol. The van der Waals surface area contributed by atoms with Crippen molar-refractivity contribution in [3.63, 3.8) is 0 Å². The molecule has 0 aliphatic heterocycles. The van der Waals surface area contributed by atoms with Crippen LogP contribution in [0.2, 0.25) is 0 Å². The van der Waals surface area contributed by atoms with E-state index in [0.29, 0.717) is 5.56 Å². The van der Waals surface area contributed by atoms with E-state index >= 15 is 0 Å². The smallest absolute Gasteiger partial charge is 0.203 e. The third kappa shape index (κ3) is 4.00. The number of halogens is 1. The summed E-state index contributed by atoms with van der Waals surface area (Å²) in [7, 11) is 0. The lowest BCUT2D eigenvalue weighted by Gasteiger charge is -2.00. The van der Waals surface area contributed by atoms with Crippen LogP contribution in [-0.4, -0.2) is 5.78 Å². The van der Waals surface area contributed by atoms with Gasteiger partial charge in [-0.25, -0.2) is 4.39 Å². The van der Waals surface area contributed by atoms with Gasteiger partial charge in [0.2, 0.25) is 5.78 Å².